The summed E-state index contributed by atoms with van der Waals surface area (Å²) in [5, 5.41) is 2.51. The average Bonchev–Trinajstić information content (AvgIpc) is 2.60. The van der Waals surface area contributed by atoms with Gasteiger partial charge < -0.3 is 10.1 Å². The highest BCUT2D eigenvalue weighted by molar-refractivity contribution is 7.89. The molecule has 0 unspecified atom stereocenters. The van der Waals surface area contributed by atoms with Gasteiger partial charge in [0.05, 0.1) is 10.5 Å². The van der Waals surface area contributed by atoms with Crippen molar-refractivity contribution < 1.29 is 26.7 Å². The number of carbonyl (C=O) groups is 1. The predicted molar refractivity (Wildman–Crippen MR) is 92.9 cm³/mol. The summed E-state index contributed by atoms with van der Waals surface area (Å²) in [5.74, 6) is -0.899. The zero-order valence-corrected chi connectivity index (χ0v) is 14.7. The molecule has 0 saturated heterocycles. The minimum atomic E-state index is -3.61. The maximum atomic E-state index is 12.4. The van der Waals surface area contributed by atoms with Gasteiger partial charge in [-0.05, 0) is 42.8 Å². The number of para-hydroxylation sites is 1. The van der Waals surface area contributed by atoms with E-state index < -0.39 is 22.5 Å². The van der Waals surface area contributed by atoms with Gasteiger partial charge in [-0.1, -0.05) is 19.1 Å². The number of rotatable bonds is 8. The van der Waals surface area contributed by atoms with Crippen molar-refractivity contribution in [3.05, 3.63) is 54.1 Å². The van der Waals surface area contributed by atoms with Crippen LogP contribution in [-0.4, -0.2) is 27.5 Å². The first-order valence-electron chi connectivity index (χ1n) is 7.78. The first-order chi connectivity index (χ1) is 12.3. The van der Waals surface area contributed by atoms with Crippen molar-refractivity contribution in [3.63, 3.8) is 0 Å². The number of anilines is 1. The summed E-state index contributed by atoms with van der Waals surface area (Å²) in [5.41, 5.74) is 0.255. The molecule has 2 rings (SSSR count). The van der Waals surface area contributed by atoms with Crippen LogP contribution in [0.4, 0.5) is 14.5 Å². The Bertz CT molecular complexity index is 855. The Morgan fingerprint density at radius 2 is 1.77 bits per heavy atom. The first kappa shape index (κ1) is 19.8. The minimum absolute atomic E-state index is 0.0605. The molecule has 0 radical (unpaired) electrons. The molecule has 0 aliphatic heterocycles. The first-order valence-corrected chi connectivity index (χ1v) is 9.26. The lowest BCUT2D eigenvalue weighted by Crippen LogP contribution is -2.24. The highest BCUT2D eigenvalue weighted by atomic mass is 32.2. The molecule has 140 valence electrons. The molecule has 2 N–H and O–H groups in total. The van der Waals surface area contributed by atoms with Crippen LogP contribution in [0.1, 0.15) is 23.7 Å². The van der Waals surface area contributed by atoms with Crippen LogP contribution in [-0.2, 0) is 10.0 Å². The second-order valence-electron chi connectivity index (χ2n) is 5.25. The maximum Gasteiger partial charge on any atom is 0.387 e. The average molecular weight is 384 g/mol. The van der Waals surface area contributed by atoms with Crippen molar-refractivity contribution in [2.75, 3.05) is 11.9 Å². The molecule has 2 aromatic rings. The molecule has 0 aliphatic carbocycles. The Kier molecular flexibility index (Phi) is 6.64. The predicted octanol–water partition coefficient (Wildman–Crippen LogP) is 3.23. The molecule has 9 heteroatoms. The second-order valence-corrected chi connectivity index (χ2v) is 7.02. The molecule has 2 aromatic carbocycles. The number of hydrogen-bond donors (Lipinski definition) is 2. The van der Waals surface area contributed by atoms with E-state index in [1.807, 2.05) is 6.92 Å². The van der Waals surface area contributed by atoms with E-state index in [1.54, 1.807) is 0 Å². The van der Waals surface area contributed by atoms with Crippen LogP contribution >= 0.6 is 0 Å². The fraction of sp³-hybridized carbons (Fsp3) is 0.235. The van der Waals surface area contributed by atoms with Crippen LogP contribution in [0.3, 0.4) is 0 Å². The van der Waals surface area contributed by atoms with E-state index in [4.69, 9.17) is 0 Å². The molecule has 0 fully saturated rings. The SMILES string of the molecule is CCCNS(=O)(=O)c1ccc(NC(=O)c2ccccc2OC(F)F)cc1. The van der Waals surface area contributed by atoms with Gasteiger partial charge in [-0.15, -0.1) is 0 Å². The summed E-state index contributed by atoms with van der Waals surface area (Å²) >= 11 is 0. The van der Waals surface area contributed by atoms with Crippen molar-refractivity contribution in [2.45, 2.75) is 24.9 Å². The molecule has 26 heavy (non-hydrogen) atoms. The smallest absolute Gasteiger partial charge is 0.387 e. The van der Waals surface area contributed by atoms with E-state index in [9.17, 15) is 22.0 Å². The highest BCUT2D eigenvalue weighted by Crippen LogP contribution is 2.22. The molecule has 0 aliphatic rings. The molecule has 0 heterocycles. The van der Waals surface area contributed by atoms with E-state index >= 15 is 0 Å². The van der Waals surface area contributed by atoms with Crippen LogP contribution in [0.5, 0.6) is 5.75 Å². The number of hydrogen-bond acceptors (Lipinski definition) is 4. The molecule has 0 spiro atoms. The third kappa shape index (κ3) is 5.24. The summed E-state index contributed by atoms with van der Waals surface area (Å²) in [6.07, 6.45) is 0.660. The maximum absolute atomic E-state index is 12.4. The largest absolute Gasteiger partial charge is 0.434 e. The Morgan fingerprint density at radius 3 is 2.38 bits per heavy atom. The summed E-state index contributed by atoms with van der Waals surface area (Å²) in [7, 11) is -3.61. The molecule has 6 nitrogen and oxygen atoms in total. The van der Waals surface area contributed by atoms with Crippen molar-refractivity contribution in [1.82, 2.24) is 4.72 Å². The van der Waals surface area contributed by atoms with E-state index in [-0.39, 0.29) is 16.2 Å². The molecule has 1 amide bonds. The van der Waals surface area contributed by atoms with Gasteiger partial charge >= 0.3 is 6.61 Å². The summed E-state index contributed by atoms with van der Waals surface area (Å²) < 4.78 is 55.6. The number of halogens is 2. The van der Waals surface area contributed by atoms with E-state index in [0.717, 1.165) is 0 Å². The number of sulfonamides is 1. The van der Waals surface area contributed by atoms with Gasteiger partial charge in [0.1, 0.15) is 5.75 Å². The summed E-state index contributed by atoms with van der Waals surface area (Å²) in [6.45, 7) is -0.887. The quantitative estimate of drug-likeness (QED) is 0.732. The third-order valence-electron chi connectivity index (χ3n) is 3.31. The van der Waals surface area contributed by atoms with Gasteiger partial charge in [-0.2, -0.15) is 8.78 Å². The Labute approximate surface area is 150 Å². The lowest BCUT2D eigenvalue weighted by atomic mass is 10.2. The number of ether oxygens (including phenoxy) is 1. The molecule has 0 atom stereocenters. The van der Waals surface area contributed by atoms with Gasteiger partial charge in [0.25, 0.3) is 5.91 Å². The number of carbonyl (C=O) groups excluding carboxylic acids is 1. The van der Waals surface area contributed by atoms with Crippen LogP contribution in [0, 0.1) is 0 Å². The molecular weight excluding hydrogens is 366 g/mol. The lowest BCUT2D eigenvalue weighted by molar-refractivity contribution is -0.0501. The van der Waals surface area contributed by atoms with E-state index in [1.165, 1.54) is 48.5 Å². The fourth-order valence-electron chi connectivity index (χ4n) is 2.09. The molecule has 0 bridgehead atoms. The number of amides is 1. The number of benzene rings is 2. The van der Waals surface area contributed by atoms with Gasteiger partial charge in [-0.25, -0.2) is 13.1 Å². The number of alkyl halides is 2. The van der Waals surface area contributed by atoms with Crippen molar-refractivity contribution in [1.29, 1.82) is 0 Å². The number of nitrogens with one attached hydrogen (secondary N) is 2. The third-order valence-corrected chi connectivity index (χ3v) is 4.79. The van der Waals surface area contributed by atoms with E-state index in [2.05, 4.69) is 14.8 Å². The van der Waals surface area contributed by atoms with Crippen LogP contribution < -0.4 is 14.8 Å². The van der Waals surface area contributed by atoms with Gasteiger partial charge in [0, 0.05) is 12.2 Å². The Hall–Kier alpha value is -2.52. The standard InChI is InChI=1S/C17H18F2N2O4S/c1-2-11-20-26(23,24)13-9-7-12(8-10-13)21-16(22)14-5-3-4-6-15(14)25-17(18)19/h3-10,17,20H,2,11H2,1H3,(H,21,22). The van der Waals surface area contributed by atoms with Crippen LogP contribution in [0.15, 0.2) is 53.4 Å². The molecular formula is C17H18F2N2O4S. The second kappa shape index (κ2) is 8.72. The Morgan fingerprint density at radius 1 is 1.12 bits per heavy atom. The minimum Gasteiger partial charge on any atom is -0.434 e. The normalized spacial score (nSPS) is 11.4. The molecule has 0 aromatic heterocycles. The zero-order chi connectivity index (χ0) is 19.2. The van der Waals surface area contributed by atoms with Crippen LogP contribution in [0.25, 0.3) is 0 Å². The van der Waals surface area contributed by atoms with Crippen molar-refractivity contribution in [2.24, 2.45) is 0 Å². The molecule has 0 saturated carbocycles. The fourth-order valence-corrected chi connectivity index (χ4v) is 3.22. The van der Waals surface area contributed by atoms with E-state index in [0.29, 0.717) is 18.7 Å². The monoisotopic (exact) mass is 384 g/mol. The summed E-state index contributed by atoms with van der Waals surface area (Å²) in [6, 6.07) is 11.1. The Balaban J connectivity index is 2.13. The van der Waals surface area contributed by atoms with Crippen LogP contribution in [0.2, 0.25) is 0 Å². The van der Waals surface area contributed by atoms with Gasteiger partial charge in [-0.3, -0.25) is 4.79 Å². The van der Waals surface area contributed by atoms with Gasteiger partial charge in [0.2, 0.25) is 10.0 Å². The lowest BCUT2D eigenvalue weighted by Gasteiger charge is -2.11. The topological polar surface area (TPSA) is 84.5 Å². The van der Waals surface area contributed by atoms with Crippen molar-refractivity contribution >= 4 is 21.6 Å². The highest BCUT2D eigenvalue weighted by Gasteiger charge is 2.16. The van der Waals surface area contributed by atoms with Gasteiger partial charge in [0.15, 0.2) is 0 Å². The summed E-state index contributed by atoms with van der Waals surface area (Å²) in [4.78, 5) is 12.3. The van der Waals surface area contributed by atoms with Crippen molar-refractivity contribution in [3.8, 4) is 5.75 Å². The zero-order valence-electron chi connectivity index (χ0n) is 13.9.